The van der Waals surface area contributed by atoms with E-state index >= 15 is 0 Å². The van der Waals surface area contributed by atoms with E-state index in [1.165, 1.54) is 0 Å². The van der Waals surface area contributed by atoms with E-state index in [1.807, 2.05) is 36.4 Å². The van der Waals surface area contributed by atoms with Gasteiger partial charge in [0, 0.05) is 23.8 Å². The first kappa shape index (κ1) is 21.2. The fourth-order valence-corrected chi connectivity index (χ4v) is 4.03. The van der Waals surface area contributed by atoms with E-state index in [-0.39, 0.29) is 18.6 Å². The molecular weight excluding hydrogens is 390 g/mol. The van der Waals surface area contributed by atoms with Crippen LogP contribution in [-0.4, -0.2) is 44.1 Å². The molecule has 1 N–H and O–H groups in total. The van der Waals surface area contributed by atoms with Gasteiger partial charge in [-0.15, -0.1) is 11.8 Å². The standard InChI is InChI=1S/C22H25NO5S/c1-26-17-10-8-16(9-11-17)13-23-21(24)14-28-22(25)19-6-2-3-7-20(19)29-15-18-5-4-12-27-18/h2-3,6-11,18H,4-5,12-15H2,1H3,(H,23,24)/t18-/m1/s1. The molecule has 29 heavy (non-hydrogen) atoms. The van der Waals surface area contributed by atoms with Crippen LogP contribution in [0, 0.1) is 0 Å². The number of carbonyl (C=O) groups is 2. The summed E-state index contributed by atoms with van der Waals surface area (Å²) in [5, 5.41) is 2.74. The van der Waals surface area contributed by atoms with Gasteiger partial charge in [-0.3, -0.25) is 4.79 Å². The van der Waals surface area contributed by atoms with Crippen molar-refractivity contribution in [2.45, 2.75) is 30.4 Å². The molecule has 2 aromatic rings. The molecule has 1 fully saturated rings. The van der Waals surface area contributed by atoms with Gasteiger partial charge in [-0.25, -0.2) is 4.79 Å². The van der Waals surface area contributed by atoms with Crippen LogP contribution in [0.3, 0.4) is 0 Å². The number of hydrogen-bond donors (Lipinski definition) is 1. The molecule has 7 heteroatoms. The van der Waals surface area contributed by atoms with Crippen LogP contribution in [0.1, 0.15) is 28.8 Å². The van der Waals surface area contributed by atoms with E-state index in [4.69, 9.17) is 14.2 Å². The zero-order chi connectivity index (χ0) is 20.5. The summed E-state index contributed by atoms with van der Waals surface area (Å²) in [6.45, 7) is 0.842. The summed E-state index contributed by atoms with van der Waals surface area (Å²) >= 11 is 1.58. The van der Waals surface area contributed by atoms with Gasteiger partial charge in [0.25, 0.3) is 5.91 Å². The van der Waals surface area contributed by atoms with Crippen LogP contribution in [0.5, 0.6) is 5.75 Å². The molecular formula is C22H25NO5S. The highest BCUT2D eigenvalue weighted by Gasteiger charge is 2.19. The minimum atomic E-state index is -0.500. The summed E-state index contributed by atoms with van der Waals surface area (Å²) in [6.07, 6.45) is 2.36. The van der Waals surface area contributed by atoms with Crippen molar-refractivity contribution in [3.8, 4) is 5.75 Å². The molecule has 6 nitrogen and oxygen atoms in total. The third-order valence-electron chi connectivity index (χ3n) is 4.54. The molecule has 1 heterocycles. The molecule has 1 aliphatic rings. The van der Waals surface area contributed by atoms with Gasteiger partial charge in [-0.05, 0) is 42.7 Å². The molecule has 0 aromatic heterocycles. The van der Waals surface area contributed by atoms with E-state index < -0.39 is 5.97 Å². The molecule has 2 aromatic carbocycles. The van der Waals surface area contributed by atoms with Crippen LogP contribution in [-0.2, 0) is 20.8 Å². The lowest BCUT2D eigenvalue weighted by Crippen LogP contribution is -2.28. The minimum absolute atomic E-state index is 0.229. The van der Waals surface area contributed by atoms with Gasteiger partial charge in [0.15, 0.2) is 6.61 Å². The summed E-state index contributed by atoms with van der Waals surface area (Å²) in [6, 6.07) is 14.7. The van der Waals surface area contributed by atoms with Gasteiger partial charge in [0.1, 0.15) is 5.75 Å². The Labute approximate surface area is 174 Å². The van der Waals surface area contributed by atoms with Gasteiger partial charge in [0.05, 0.1) is 18.8 Å². The Morgan fingerprint density at radius 1 is 1.17 bits per heavy atom. The van der Waals surface area contributed by atoms with Gasteiger partial charge in [0.2, 0.25) is 0 Å². The predicted molar refractivity (Wildman–Crippen MR) is 111 cm³/mol. The maximum Gasteiger partial charge on any atom is 0.339 e. The first-order valence-corrected chi connectivity index (χ1v) is 10.5. The summed E-state index contributed by atoms with van der Waals surface area (Å²) in [5.74, 6) is 0.704. The smallest absolute Gasteiger partial charge is 0.339 e. The van der Waals surface area contributed by atoms with E-state index in [0.717, 1.165) is 41.4 Å². The number of benzene rings is 2. The van der Waals surface area contributed by atoms with E-state index in [9.17, 15) is 9.59 Å². The zero-order valence-electron chi connectivity index (χ0n) is 16.4. The number of amides is 1. The van der Waals surface area contributed by atoms with Crippen molar-refractivity contribution < 1.29 is 23.8 Å². The first-order valence-electron chi connectivity index (χ1n) is 9.56. The van der Waals surface area contributed by atoms with E-state index in [0.29, 0.717) is 12.1 Å². The van der Waals surface area contributed by atoms with Gasteiger partial charge in [-0.1, -0.05) is 24.3 Å². The molecule has 0 radical (unpaired) electrons. The lowest BCUT2D eigenvalue weighted by Gasteiger charge is -2.12. The lowest BCUT2D eigenvalue weighted by atomic mass is 10.2. The quantitative estimate of drug-likeness (QED) is 0.500. The largest absolute Gasteiger partial charge is 0.497 e. The molecule has 0 aliphatic carbocycles. The lowest BCUT2D eigenvalue weighted by molar-refractivity contribution is -0.124. The Hall–Kier alpha value is -2.51. The number of ether oxygens (including phenoxy) is 3. The second-order valence-electron chi connectivity index (χ2n) is 6.64. The highest BCUT2D eigenvalue weighted by molar-refractivity contribution is 7.99. The van der Waals surface area contributed by atoms with E-state index in [1.54, 1.807) is 31.0 Å². The Bertz CT molecular complexity index is 818. The van der Waals surface area contributed by atoms with Crippen LogP contribution in [0.4, 0.5) is 0 Å². The Morgan fingerprint density at radius 3 is 2.69 bits per heavy atom. The van der Waals surface area contributed by atoms with Crippen molar-refractivity contribution in [1.29, 1.82) is 0 Å². The SMILES string of the molecule is COc1ccc(CNC(=O)COC(=O)c2ccccc2SC[C@H]2CCCO2)cc1. The number of rotatable bonds is 9. The average molecular weight is 416 g/mol. The number of thioether (sulfide) groups is 1. The maximum absolute atomic E-state index is 12.5. The third-order valence-corrected chi connectivity index (χ3v) is 5.74. The first-order chi connectivity index (χ1) is 14.2. The minimum Gasteiger partial charge on any atom is -0.497 e. The van der Waals surface area contributed by atoms with Crippen LogP contribution in [0.25, 0.3) is 0 Å². The van der Waals surface area contributed by atoms with Gasteiger partial charge in [-0.2, -0.15) is 0 Å². The summed E-state index contributed by atoms with van der Waals surface area (Å²) < 4.78 is 15.9. The Balaban J connectivity index is 1.46. The number of methoxy groups -OCH3 is 1. The Morgan fingerprint density at radius 2 is 1.97 bits per heavy atom. The van der Waals surface area contributed by atoms with Crippen LogP contribution < -0.4 is 10.1 Å². The fourth-order valence-electron chi connectivity index (χ4n) is 2.92. The number of carbonyl (C=O) groups excluding carboxylic acids is 2. The summed E-state index contributed by atoms with van der Waals surface area (Å²) in [5.41, 5.74) is 1.40. The second kappa shape index (κ2) is 10.9. The summed E-state index contributed by atoms with van der Waals surface area (Å²) in [4.78, 5) is 25.3. The fraction of sp³-hybridized carbons (Fsp3) is 0.364. The molecule has 154 valence electrons. The number of nitrogens with one attached hydrogen (secondary N) is 1. The predicted octanol–water partition coefficient (Wildman–Crippen LogP) is 3.44. The highest BCUT2D eigenvalue weighted by atomic mass is 32.2. The van der Waals surface area contributed by atoms with Crippen molar-refractivity contribution >= 4 is 23.6 Å². The monoisotopic (exact) mass is 415 g/mol. The molecule has 1 amide bonds. The number of esters is 1. The van der Waals surface area contributed by atoms with Crippen molar-refractivity contribution in [3.63, 3.8) is 0 Å². The van der Waals surface area contributed by atoms with Crippen molar-refractivity contribution in [2.24, 2.45) is 0 Å². The molecule has 0 bridgehead atoms. The normalized spacial score (nSPS) is 15.7. The molecule has 3 rings (SSSR count). The molecule has 0 unspecified atom stereocenters. The van der Waals surface area contributed by atoms with Crippen LogP contribution >= 0.6 is 11.8 Å². The van der Waals surface area contributed by atoms with Crippen molar-refractivity contribution in [2.75, 3.05) is 26.1 Å². The molecule has 0 spiro atoms. The molecule has 0 saturated carbocycles. The highest BCUT2D eigenvalue weighted by Crippen LogP contribution is 2.27. The van der Waals surface area contributed by atoms with Crippen molar-refractivity contribution in [1.82, 2.24) is 5.32 Å². The maximum atomic E-state index is 12.5. The van der Waals surface area contributed by atoms with Crippen LogP contribution in [0.2, 0.25) is 0 Å². The molecule has 1 saturated heterocycles. The summed E-state index contributed by atoms with van der Waals surface area (Å²) in [7, 11) is 1.60. The Kier molecular flexibility index (Phi) is 7.95. The second-order valence-corrected chi connectivity index (χ2v) is 7.70. The number of hydrogen-bond acceptors (Lipinski definition) is 6. The van der Waals surface area contributed by atoms with Crippen LogP contribution in [0.15, 0.2) is 53.4 Å². The molecule has 1 atom stereocenters. The van der Waals surface area contributed by atoms with Crippen molar-refractivity contribution in [3.05, 3.63) is 59.7 Å². The van der Waals surface area contributed by atoms with Gasteiger partial charge < -0.3 is 19.5 Å². The average Bonchev–Trinajstić information content (AvgIpc) is 3.29. The molecule has 1 aliphatic heterocycles. The third kappa shape index (κ3) is 6.51. The topological polar surface area (TPSA) is 73.9 Å². The zero-order valence-corrected chi connectivity index (χ0v) is 17.2. The van der Waals surface area contributed by atoms with E-state index in [2.05, 4.69) is 5.32 Å². The van der Waals surface area contributed by atoms with Gasteiger partial charge >= 0.3 is 5.97 Å².